The van der Waals surface area contributed by atoms with Crippen molar-refractivity contribution in [3.63, 3.8) is 0 Å². The molecule has 0 atom stereocenters. The number of nitrogens with zero attached hydrogens (tertiary/aromatic N) is 4. The lowest BCUT2D eigenvalue weighted by molar-refractivity contribution is 0.178. The molecule has 0 saturated heterocycles. The first-order valence-corrected chi connectivity index (χ1v) is 7.09. The molecule has 0 radical (unpaired) electrons. The van der Waals surface area contributed by atoms with Crippen molar-refractivity contribution in [3.05, 3.63) is 47.0 Å². The van der Waals surface area contributed by atoms with Crippen molar-refractivity contribution in [2.45, 2.75) is 13.2 Å². The van der Waals surface area contributed by atoms with Crippen molar-refractivity contribution < 1.29 is 9.47 Å². The molecule has 0 bridgehead atoms. The van der Waals surface area contributed by atoms with E-state index in [2.05, 4.69) is 15.1 Å². The highest BCUT2D eigenvalue weighted by atomic mass is 35.5. The Labute approximate surface area is 132 Å². The van der Waals surface area contributed by atoms with E-state index in [1.165, 1.54) is 0 Å². The SMILES string of the molecule is COCc1nc(Cl)c2nn(Cc3ccc(OC)cc3)cc2n1. The summed E-state index contributed by atoms with van der Waals surface area (Å²) in [7, 11) is 3.24. The summed E-state index contributed by atoms with van der Waals surface area (Å²) in [5.74, 6) is 1.37. The summed E-state index contributed by atoms with van der Waals surface area (Å²) < 4.78 is 12.0. The Bertz CT molecular complexity index is 786. The van der Waals surface area contributed by atoms with Crippen LogP contribution in [-0.2, 0) is 17.9 Å². The molecule has 3 rings (SSSR count). The number of aromatic nitrogens is 4. The lowest BCUT2D eigenvalue weighted by Crippen LogP contribution is -1.99. The number of benzene rings is 1. The molecule has 0 unspecified atom stereocenters. The first kappa shape index (κ1) is 14.7. The Kier molecular flexibility index (Phi) is 4.22. The molecule has 0 fully saturated rings. The molecule has 3 aromatic rings. The molecule has 0 amide bonds. The Balaban J connectivity index is 1.89. The summed E-state index contributed by atoms with van der Waals surface area (Å²) >= 11 is 6.15. The third kappa shape index (κ3) is 3.03. The maximum absolute atomic E-state index is 6.15. The Hall–Kier alpha value is -2.18. The summed E-state index contributed by atoms with van der Waals surface area (Å²) in [5, 5.41) is 4.78. The first-order valence-electron chi connectivity index (χ1n) is 6.71. The van der Waals surface area contributed by atoms with Crippen LogP contribution in [0.2, 0.25) is 5.15 Å². The van der Waals surface area contributed by atoms with Crippen LogP contribution in [0.3, 0.4) is 0 Å². The molecule has 0 aliphatic carbocycles. The Morgan fingerprint density at radius 2 is 1.91 bits per heavy atom. The predicted octanol–water partition coefficient (Wildman–Crippen LogP) is 2.68. The van der Waals surface area contributed by atoms with Crippen LogP contribution >= 0.6 is 11.6 Å². The average Bonchev–Trinajstić information content (AvgIpc) is 2.91. The van der Waals surface area contributed by atoms with E-state index >= 15 is 0 Å². The highest BCUT2D eigenvalue weighted by molar-refractivity contribution is 6.33. The highest BCUT2D eigenvalue weighted by Gasteiger charge is 2.10. The van der Waals surface area contributed by atoms with Crippen LogP contribution in [0.25, 0.3) is 11.0 Å². The number of methoxy groups -OCH3 is 2. The molecule has 2 heterocycles. The molecule has 22 heavy (non-hydrogen) atoms. The smallest absolute Gasteiger partial charge is 0.161 e. The third-order valence-electron chi connectivity index (χ3n) is 3.19. The van der Waals surface area contributed by atoms with E-state index < -0.39 is 0 Å². The van der Waals surface area contributed by atoms with Crippen LogP contribution in [0.1, 0.15) is 11.4 Å². The lowest BCUT2D eigenvalue weighted by Gasteiger charge is -2.03. The number of fused-ring (bicyclic) bond motifs is 1. The van der Waals surface area contributed by atoms with Gasteiger partial charge >= 0.3 is 0 Å². The maximum Gasteiger partial charge on any atom is 0.161 e. The van der Waals surface area contributed by atoms with Crippen LogP contribution in [0.5, 0.6) is 5.75 Å². The highest BCUT2D eigenvalue weighted by Crippen LogP contribution is 2.20. The minimum absolute atomic E-state index is 0.319. The zero-order chi connectivity index (χ0) is 15.5. The zero-order valence-electron chi connectivity index (χ0n) is 12.3. The fourth-order valence-electron chi connectivity index (χ4n) is 2.16. The summed E-state index contributed by atoms with van der Waals surface area (Å²) in [4.78, 5) is 8.56. The normalized spacial score (nSPS) is 11.0. The third-order valence-corrected chi connectivity index (χ3v) is 3.46. The standard InChI is InChI=1S/C15H15ClN4O2/c1-21-9-13-17-12-8-20(19-14(12)15(16)18-13)7-10-3-5-11(22-2)6-4-10/h3-6,8H,7,9H2,1-2H3. The Morgan fingerprint density at radius 3 is 2.59 bits per heavy atom. The molecule has 1 aromatic carbocycles. The fourth-order valence-corrected chi connectivity index (χ4v) is 2.39. The summed E-state index contributed by atoms with van der Waals surface area (Å²) in [6, 6.07) is 7.83. The van der Waals surface area contributed by atoms with Crippen molar-refractivity contribution in [3.8, 4) is 5.75 Å². The van der Waals surface area contributed by atoms with E-state index in [0.29, 0.717) is 35.2 Å². The van der Waals surface area contributed by atoms with Crippen molar-refractivity contribution in [2.24, 2.45) is 0 Å². The molecule has 0 aliphatic rings. The van der Waals surface area contributed by atoms with Gasteiger partial charge in [0.05, 0.1) is 19.9 Å². The second kappa shape index (κ2) is 6.29. The molecule has 0 N–H and O–H groups in total. The lowest BCUT2D eigenvalue weighted by atomic mass is 10.2. The van der Waals surface area contributed by atoms with Gasteiger partial charge in [0.2, 0.25) is 0 Å². The topological polar surface area (TPSA) is 62.1 Å². The summed E-state index contributed by atoms with van der Waals surface area (Å²) in [6.45, 7) is 0.940. The molecule has 6 nitrogen and oxygen atoms in total. The van der Waals surface area contributed by atoms with E-state index in [9.17, 15) is 0 Å². The van der Waals surface area contributed by atoms with Crippen LogP contribution in [0, 0.1) is 0 Å². The number of ether oxygens (including phenoxy) is 2. The van der Waals surface area contributed by atoms with Crippen molar-refractivity contribution >= 4 is 22.6 Å². The van der Waals surface area contributed by atoms with Crippen molar-refractivity contribution in [1.82, 2.24) is 19.7 Å². The van der Waals surface area contributed by atoms with Crippen LogP contribution in [0.15, 0.2) is 30.5 Å². The van der Waals surface area contributed by atoms with Gasteiger partial charge in [-0.15, -0.1) is 0 Å². The molecule has 7 heteroatoms. The van der Waals surface area contributed by atoms with Gasteiger partial charge < -0.3 is 9.47 Å². The van der Waals surface area contributed by atoms with Crippen LogP contribution < -0.4 is 4.74 Å². The number of hydrogen-bond donors (Lipinski definition) is 0. The van der Waals surface area contributed by atoms with Gasteiger partial charge in [0.25, 0.3) is 0 Å². The summed E-state index contributed by atoms with van der Waals surface area (Å²) in [6.07, 6.45) is 1.85. The quantitative estimate of drug-likeness (QED) is 0.677. The van der Waals surface area contributed by atoms with E-state index in [0.717, 1.165) is 11.3 Å². The fraction of sp³-hybridized carbons (Fsp3) is 0.267. The second-order valence-corrected chi connectivity index (χ2v) is 5.13. The monoisotopic (exact) mass is 318 g/mol. The van der Waals surface area contributed by atoms with Crippen LogP contribution in [-0.4, -0.2) is 34.0 Å². The van der Waals surface area contributed by atoms with Crippen molar-refractivity contribution in [2.75, 3.05) is 14.2 Å². The minimum atomic E-state index is 0.319. The van der Waals surface area contributed by atoms with E-state index in [1.807, 2.05) is 30.5 Å². The van der Waals surface area contributed by atoms with E-state index in [-0.39, 0.29) is 0 Å². The van der Waals surface area contributed by atoms with E-state index in [4.69, 9.17) is 21.1 Å². The van der Waals surface area contributed by atoms with Gasteiger partial charge in [0, 0.05) is 7.11 Å². The molecule has 0 aliphatic heterocycles. The van der Waals surface area contributed by atoms with Gasteiger partial charge in [0.15, 0.2) is 11.0 Å². The van der Waals surface area contributed by atoms with Crippen molar-refractivity contribution in [1.29, 1.82) is 0 Å². The van der Waals surface area contributed by atoms with Gasteiger partial charge in [-0.2, -0.15) is 5.10 Å². The molecular formula is C15H15ClN4O2. The maximum atomic E-state index is 6.15. The molecule has 0 saturated carbocycles. The van der Waals surface area contributed by atoms with Gasteiger partial charge in [0.1, 0.15) is 23.4 Å². The number of rotatable bonds is 5. The second-order valence-electron chi connectivity index (χ2n) is 4.77. The summed E-state index contributed by atoms with van der Waals surface area (Å²) in [5.41, 5.74) is 2.41. The zero-order valence-corrected chi connectivity index (χ0v) is 13.0. The largest absolute Gasteiger partial charge is 0.497 e. The minimum Gasteiger partial charge on any atom is -0.497 e. The molecule has 114 valence electrons. The van der Waals surface area contributed by atoms with Crippen LogP contribution in [0.4, 0.5) is 0 Å². The molecule has 2 aromatic heterocycles. The predicted molar refractivity (Wildman–Crippen MR) is 83.1 cm³/mol. The Morgan fingerprint density at radius 1 is 1.14 bits per heavy atom. The van der Waals surface area contributed by atoms with Gasteiger partial charge in [-0.05, 0) is 17.7 Å². The van der Waals surface area contributed by atoms with Gasteiger partial charge in [-0.3, -0.25) is 4.68 Å². The molecule has 0 spiro atoms. The molecular weight excluding hydrogens is 304 g/mol. The number of hydrogen-bond acceptors (Lipinski definition) is 5. The van der Waals surface area contributed by atoms with Gasteiger partial charge in [-0.25, -0.2) is 9.97 Å². The number of halogens is 1. The average molecular weight is 319 g/mol. The van der Waals surface area contributed by atoms with Gasteiger partial charge in [-0.1, -0.05) is 23.7 Å². The van der Waals surface area contributed by atoms with E-state index in [1.54, 1.807) is 18.9 Å². The first-order chi connectivity index (χ1) is 10.7.